The van der Waals surface area contributed by atoms with Crippen LogP contribution in [0.1, 0.15) is 29.7 Å². The minimum absolute atomic E-state index is 0.290. The molecule has 2 N–H and O–H groups in total. The van der Waals surface area contributed by atoms with Crippen LogP contribution in [-0.2, 0) is 11.3 Å². The molecule has 1 unspecified atom stereocenters. The molecule has 1 fully saturated rings. The van der Waals surface area contributed by atoms with Crippen LogP contribution in [0.5, 0.6) is 5.75 Å². The highest BCUT2D eigenvalue weighted by atomic mass is 16.5. The van der Waals surface area contributed by atoms with Gasteiger partial charge < -0.3 is 20.1 Å². The van der Waals surface area contributed by atoms with Crippen LogP contribution in [-0.4, -0.2) is 44.4 Å². The maximum Gasteiger partial charge on any atom is 0.191 e. The van der Waals surface area contributed by atoms with Crippen molar-refractivity contribution in [3.05, 3.63) is 23.0 Å². The van der Waals surface area contributed by atoms with E-state index in [1.54, 1.807) is 14.2 Å². The summed E-state index contributed by atoms with van der Waals surface area (Å²) < 4.78 is 11.0. The third kappa shape index (κ3) is 4.10. The van der Waals surface area contributed by atoms with Crippen molar-refractivity contribution in [3.63, 3.8) is 0 Å². The number of hydrogen-bond acceptors (Lipinski definition) is 4. The standard InChI is InChI=1S/C16H26N4O2/c1-11-8-18-14(12(2)15(11)21-4)10-20-16(17-3)19-9-13-6-5-7-22-13/h8,13H,5-7,9-10H2,1-4H3,(H2,17,19,20). The maximum atomic E-state index is 5.60. The molecule has 0 aliphatic carbocycles. The van der Waals surface area contributed by atoms with Gasteiger partial charge in [0.15, 0.2) is 5.96 Å². The number of pyridine rings is 1. The number of methoxy groups -OCH3 is 1. The Morgan fingerprint density at radius 2 is 2.27 bits per heavy atom. The second kappa shape index (κ2) is 7.98. The van der Waals surface area contributed by atoms with Crippen LogP contribution in [0.2, 0.25) is 0 Å². The van der Waals surface area contributed by atoms with Crippen molar-refractivity contribution in [2.75, 3.05) is 27.3 Å². The summed E-state index contributed by atoms with van der Waals surface area (Å²) in [5.74, 6) is 1.66. The lowest BCUT2D eigenvalue weighted by atomic mass is 10.1. The summed E-state index contributed by atoms with van der Waals surface area (Å²) in [7, 11) is 3.45. The van der Waals surface area contributed by atoms with E-state index in [4.69, 9.17) is 9.47 Å². The second-order valence-electron chi connectivity index (χ2n) is 5.49. The van der Waals surface area contributed by atoms with Crippen molar-refractivity contribution in [2.24, 2.45) is 4.99 Å². The zero-order chi connectivity index (χ0) is 15.9. The highest BCUT2D eigenvalue weighted by Gasteiger charge is 2.15. The quantitative estimate of drug-likeness (QED) is 0.638. The fraction of sp³-hybridized carbons (Fsp3) is 0.625. The highest BCUT2D eigenvalue weighted by Crippen LogP contribution is 2.23. The molecule has 2 rings (SSSR count). The number of ether oxygens (including phenoxy) is 2. The lowest BCUT2D eigenvalue weighted by Gasteiger charge is -2.16. The fourth-order valence-electron chi connectivity index (χ4n) is 2.65. The molecule has 1 saturated heterocycles. The van der Waals surface area contributed by atoms with Crippen molar-refractivity contribution in [1.29, 1.82) is 0 Å². The lowest BCUT2D eigenvalue weighted by molar-refractivity contribution is 0.114. The smallest absolute Gasteiger partial charge is 0.191 e. The number of nitrogens with one attached hydrogen (secondary N) is 2. The zero-order valence-electron chi connectivity index (χ0n) is 13.9. The average Bonchev–Trinajstić information content (AvgIpc) is 3.03. The van der Waals surface area contributed by atoms with E-state index in [1.165, 1.54) is 0 Å². The molecule has 1 aliphatic heterocycles. The Balaban J connectivity index is 1.90. The number of aliphatic imine (C=N–C) groups is 1. The first-order valence-electron chi connectivity index (χ1n) is 7.71. The third-order valence-corrected chi connectivity index (χ3v) is 3.92. The minimum atomic E-state index is 0.290. The summed E-state index contributed by atoms with van der Waals surface area (Å²) in [4.78, 5) is 8.71. The van der Waals surface area contributed by atoms with Gasteiger partial charge in [0.05, 0.1) is 25.5 Å². The molecule has 0 spiro atoms. The van der Waals surface area contributed by atoms with Gasteiger partial charge in [0.1, 0.15) is 5.75 Å². The van der Waals surface area contributed by atoms with Gasteiger partial charge in [-0.2, -0.15) is 0 Å². The van der Waals surface area contributed by atoms with Crippen LogP contribution in [0.25, 0.3) is 0 Å². The van der Waals surface area contributed by atoms with Gasteiger partial charge in [-0.25, -0.2) is 0 Å². The monoisotopic (exact) mass is 306 g/mol. The summed E-state index contributed by atoms with van der Waals surface area (Å²) in [6.45, 7) is 6.28. The Labute approximate surface area is 132 Å². The summed E-state index contributed by atoms with van der Waals surface area (Å²) in [6.07, 6.45) is 4.38. The predicted octanol–water partition coefficient (Wildman–Crippen LogP) is 1.55. The van der Waals surface area contributed by atoms with Gasteiger partial charge in [-0.15, -0.1) is 0 Å². The van der Waals surface area contributed by atoms with E-state index >= 15 is 0 Å². The Morgan fingerprint density at radius 3 is 2.91 bits per heavy atom. The number of guanidine groups is 1. The normalized spacial score (nSPS) is 18.4. The topological polar surface area (TPSA) is 67.8 Å². The van der Waals surface area contributed by atoms with Gasteiger partial charge in [0.25, 0.3) is 0 Å². The molecule has 6 nitrogen and oxygen atoms in total. The van der Waals surface area contributed by atoms with E-state index in [0.29, 0.717) is 6.54 Å². The molecule has 2 heterocycles. The fourth-order valence-corrected chi connectivity index (χ4v) is 2.65. The maximum absolute atomic E-state index is 5.60. The molecule has 22 heavy (non-hydrogen) atoms. The molecule has 0 amide bonds. The van der Waals surface area contributed by atoms with Crippen LogP contribution >= 0.6 is 0 Å². The van der Waals surface area contributed by atoms with Gasteiger partial charge in [0.2, 0.25) is 0 Å². The zero-order valence-corrected chi connectivity index (χ0v) is 13.9. The van der Waals surface area contributed by atoms with E-state index in [-0.39, 0.29) is 6.10 Å². The van der Waals surface area contributed by atoms with Crippen LogP contribution < -0.4 is 15.4 Å². The highest BCUT2D eigenvalue weighted by molar-refractivity contribution is 5.79. The van der Waals surface area contributed by atoms with Crippen molar-refractivity contribution < 1.29 is 9.47 Å². The van der Waals surface area contributed by atoms with Crippen LogP contribution in [0.4, 0.5) is 0 Å². The molecule has 1 aliphatic rings. The van der Waals surface area contributed by atoms with Crippen LogP contribution in [0, 0.1) is 13.8 Å². The molecular weight excluding hydrogens is 280 g/mol. The average molecular weight is 306 g/mol. The molecule has 1 atom stereocenters. The number of aryl methyl sites for hydroxylation is 1. The number of aromatic nitrogens is 1. The minimum Gasteiger partial charge on any atom is -0.496 e. The molecular formula is C16H26N4O2. The Kier molecular flexibility index (Phi) is 6.00. The largest absolute Gasteiger partial charge is 0.496 e. The van der Waals surface area contributed by atoms with E-state index in [9.17, 15) is 0 Å². The first-order valence-corrected chi connectivity index (χ1v) is 7.71. The van der Waals surface area contributed by atoms with Gasteiger partial charge in [-0.3, -0.25) is 9.98 Å². The lowest BCUT2D eigenvalue weighted by Crippen LogP contribution is -2.40. The number of rotatable bonds is 5. The van der Waals surface area contributed by atoms with Crippen molar-refractivity contribution in [2.45, 2.75) is 39.3 Å². The van der Waals surface area contributed by atoms with Crippen molar-refractivity contribution >= 4 is 5.96 Å². The van der Waals surface area contributed by atoms with E-state index < -0.39 is 0 Å². The van der Waals surface area contributed by atoms with Gasteiger partial charge >= 0.3 is 0 Å². The molecule has 0 aromatic carbocycles. The van der Waals surface area contributed by atoms with Crippen LogP contribution in [0.15, 0.2) is 11.2 Å². The first-order chi connectivity index (χ1) is 10.7. The number of hydrogen-bond donors (Lipinski definition) is 2. The first kappa shape index (κ1) is 16.5. The molecule has 0 radical (unpaired) electrons. The molecule has 6 heteroatoms. The Bertz CT molecular complexity index is 525. The SMILES string of the molecule is CN=C(NCc1ncc(C)c(OC)c1C)NCC1CCCO1. The summed E-state index contributed by atoms with van der Waals surface area (Å²) in [5.41, 5.74) is 3.07. The Morgan fingerprint density at radius 1 is 1.45 bits per heavy atom. The molecule has 1 aromatic rings. The molecule has 1 aromatic heterocycles. The van der Waals surface area contributed by atoms with Gasteiger partial charge in [-0.1, -0.05) is 0 Å². The Hall–Kier alpha value is -1.82. The third-order valence-electron chi connectivity index (χ3n) is 3.92. The number of nitrogens with zero attached hydrogens (tertiary/aromatic N) is 2. The van der Waals surface area contributed by atoms with E-state index in [0.717, 1.165) is 54.5 Å². The predicted molar refractivity (Wildman–Crippen MR) is 87.4 cm³/mol. The van der Waals surface area contributed by atoms with E-state index in [1.807, 2.05) is 20.0 Å². The molecule has 0 saturated carbocycles. The van der Waals surface area contributed by atoms with Gasteiger partial charge in [-0.05, 0) is 26.7 Å². The summed E-state index contributed by atoms with van der Waals surface area (Å²) in [6, 6.07) is 0. The van der Waals surface area contributed by atoms with Crippen molar-refractivity contribution in [1.82, 2.24) is 15.6 Å². The van der Waals surface area contributed by atoms with Crippen molar-refractivity contribution in [3.8, 4) is 5.75 Å². The molecule has 122 valence electrons. The van der Waals surface area contributed by atoms with E-state index in [2.05, 4.69) is 20.6 Å². The summed E-state index contributed by atoms with van der Waals surface area (Å²) >= 11 is 0. The molecule has 0 bridgehead atoms. The second-order valence-corrected chi connectivity index (χ2v) is 5.49. The van der Waals surface area contributed by atoms with Crippen LogP contribution in [0.3, 0.4) is 0 Å². The summed E-state index contributed by atoms with van der Waals surface area (Å²) in [5, 5.41) is 6.58. The van der Waals surface area contributed by atoms with Gasteiger partial charge in [0, 0.05) is 37.5 Å².